The van der Waals surface area contributed by atoms with Gasteiger partial charge in [0.05, 0.1) is 5.60 Å². The fraction of sp³-hybridized carbons (Fsp3) is 0.500. The van der Waals surface area contributed by atoms with Gasteiger partial charge in [-0.1, -0.05) is 0 Å². The van der Waals surface area contributed by atoms with Crippen LogP contribution in [0, 0.1) is 0 Å². The molecule has 0 saturated heterocycles. The van der Waals surface area contributed by atoms with E-state index in [1.54, 1.807) is 13.8 Å². The van der Waals surface area contributed by atoms with Crippen LogP contribution in [0.1, 0.15) is 25.8 Å². The van der Waals surface area contributed by atoms with Crippen LogP contribution in [0.3, 0.4) is 0 Å². The summed E-state index contributed by atoms with van der Waals surface area (Å²) in [6, 6.07) is 5.99. The molecule has 18 heavy (non-hydrogen) atoms. The Bertz CT molecular complexity index is 463. The Labute approximate surface area is 108 Å². The third kappa shape index (κ3) is 3.01. The van der Waals surface area contributed by atoms with Gasteiger partial charge in [-0.25, -0.2) is 0 Å². The van der Waals surface area contributed by atoms with Gasteiger partial charge in [-0.2, -0.15) is 0 Å². The lowest BCUT2D eigenvalue weighted by molar-refractivity contribution is -0.116. The van der Waals surface area contributed by atoms with Gasteiger partial charge in [0.2, 0.25) is 5.91 Å². The second kappa shape index (κ2) is 4.61. The van der Waals surface area contributed by atoms with E-state index in [4.69, 9.17) is 0 Å². The maximum absolute atomic E-state index is 11.3. The molecule has 1 aliphatic heterocycles. The summed E-state index contributed by atoms with van der Waals surface area (Å²) in [7, 11) is 1.96. The van der Waals surface area contributed by atoms with Gasteiger partial charge < -0.3 is 15.3 Å². The molecule has 0 aromatic heterocycles. The number of amides is 1. The number of nitrogens with one attached hydrogen (secondary N) is 1. The number of aliphatic hydroxyl groups is 1. The molecule has 0 radical (unpaired) electrons. The molecule has 0 unspecified atom stereocenters. The minimum absolute atomic E-state index is 0.0834. The van der Waals surface area contributed by atoms with Gasteiger partial charge in [-0.15, -0.1) is 0 Å². The molecule has 1 heterocycles. The van der Waals surface area contributed by atoms with Crippen molar-refractivity contribution in [2.24, 2.45) is 0 Å². The molecule has 0 fully saturated rings. The SMILES string of the molecule is CN(CC(C)(C)O)c1ccc2c(c1)CCC(=O)N2. The third-order valence-corrected chi connectivity index (χ3v) is 3.05. The number of benzene rings is 1. The van der Waals surface area contributed by atoms with E-state index in [1.807, 2.05) is 24.1 Å². The van der Waals surface area contributed by atoms with Crippen molar-refractivity contribution in [3.63, 3.8) is 0 Å². The lowest BCUT2D eigenvalue weighted by Crippen LogP contribution is -2.36. The van der Waals surface area contributed by atoms with Crippen molar-refractivity contribution in [1.29, 1.82) is 0 Å². The highest BCUT2D eigenvalue weighted by molar-refractivity contribution is 5.94. The van der Waals surface area contributed by atoms with E-state index < -0.39 is 5.60 Å². The average molecular weight is 248 g/mol. The number of fused-ring (bicyclic) bond motifs is 1. The predicted molar refractivity (Wildman–Crippen MR) is 73.0 cm³/mol. The van der Waals surface area contributed by atoms with Crippen molar-refractivity contribution in [2.75, 3.05) is 23.8 Å². The summed E-state index contributed by atoms with van der Waals surface area (Å²) in [5, 5.41) is 12.7. The average Bonchev–Trinajstić information content (AvgIpc) is 2.26. The molecular weight excluding hydrogens is 228 g/mol. The standard InChI is InChI=1S/C14H20N2O2/c1-14(2,18)9-16(3)11-5-6-12-10(8-11)4-7-13(17)15-12/h5-6,8,18H,4,7,9H2,1-3H3,(H,15,17). The van der Waals surface area contributed by atoms with E-state index in [9.17, 15) is 9.90 Å². The van der Waals surface area contributed by atoms with Gasteiger partial charge in [-0.05, 0) is 44.0 Å². The van der Waals surface area contributed by atoms with Crippen LogP contribution in [0.2, 0.25) is 0 Å². The Morgan fingerprint density at radius 1 is 1.39 bits per heavy atom. The van der Waals surface area contributed by atoms with Crippen LogP contribution in [0.4, 0.5) is 11.4 Å². The number of carbonyl (C=O) groups excluding carboxylic acids is 1. The van der Waals surface area contributed by atoms with E-state index >= 15 is 0 Å². The zero-order valence-electron chi connectivity index (χ0n) is 11.2. The van der Waals surface area contributed by atoms with Gasteiger partial charge >= 0.3 is 0 Å². The quantitative estimate of drug-likeness (QED) is 0.857. The highest BCUT2D eigenvalue weighted by Crippen LogP contribution is 2.27. The fourth-order valence-electron chi connectivity index (χ4n) is 2.28. The number of carbonyl (C=O) groups is 1. The van der Waals surface area contributed by atoms with Crippen molar-refractivity contribution in [2.45, 2.75) is 32.3 Å². The van der Waals surface area contributed by atoms with Gasteiger partial charge in [0, 0.05) is 31.4 Å². The van der Waals surface area contributed by atoms with Gasteiger partial charge in [0.25, 0.3) is 0 Å². The molecule has 0 atom stereocenters. The van der Waals surface area contributed by atoms with Crippen molar-refractivity contribution in [1.82, 2.24) is 0 Å². The van der Waals surface area contributed by atoms with Crippen LogP contribution in [-0.2, 0) is 11.2 Å². The predicted octanol–water partition coefficient (Wildman–Crippen LogP) is 1.78. The Balaban J connectivity index is 2.18. The lowest BCUT2D eigenvalue weighted by atomic mass is 10.0. The maximum Gasteiger partial charge on any atom is 0.224 e. The first-order valence-electron chi connectivity index (χ1n) is 6.21. The monoisotopic (exact) mass is 248 g/mol. The topological polar surface area (TPSA) is 52.6 Å². The van der Waals surface area contributed by atoms with Gasteiger partial charge in [0.1, 0.15) is 0 Å². The molecule has 0 aliphatic carbocycles. The zero-order chi connectivity index (χ0) is 13.3. The highest BCUT2D eigenvalue weighted by atomic mass is 16.3. The van der Waals surface area contributed by atoms with Gasteiger partial charge in [-0.3, -0.25) is 4.79 Å². The molecule has 4 nitrogen and oxygen atoms in total. The summed E-state index contributed by atoms with van der Waals surface area (Å²) in [5.41, 5.74) is 2.41. The van der Waals surface area contributed by atoms with E-state index in [1.165, 1.54) is 0 Å². The number of rotatable bonds is 3. The molecule has 0 saturated carbocycles. The molecule has 0 bridgehead atoms. The second-order valence-electron chi connectivity index (χ2n) is 5.56. The summed E-state index contributed by atoms with van der Waals surface area (Å²) in [6.45, 7) is 4.16. The first-order chi connectivity index (χ1) is 8.35. The molecule has 2 N–H and O–H groups in total. The lowest BCUT2D eigenvalue weighted by Gasteiger charge is -2.28. The first kappa shape index (κ1) is 12.9. The summed E-state index contributed by atoms with van der Waals surface area (Å²) in [5.74, 6) is 0.0834. The van der Waals surface area contributed by atoms with Gasteiger partial charge in [0.15, 0.2) is 0 Å². The number of nitrogens with zero attached hydrogens (tertiary/aromatic N) is 1. The van der Waals surface area contributed by atoms with Crippen LogP contribution in [0.25, 0.3) is 0 Å². The Hall–Kier alpha value is -1.55. The van der Waals surface area contributed by atoms with Crippen LogP contribution in [0.5, 0.6) is 0 Å². The second-order valence-corrected chi connectivity index (χ2v) is 5.56. The van der Waals surface area contributed by atoms with E-state index in [0.717, 1.165) is 23.4 Å². The largest absolute Gasteiger partial charge is 0.389 e. The number of likely N-dealkylation sites (N-methyl/N-ethyl adjacent to an activating group) is 1. The molecule has 98 valence electrons. The van der Waals surface area contributed by atoms with Crippen LogP contribution >= 0.6 is 0 Å². The highest BCUT2D eigenvalue weighted by Gasteiger charge is 2.18. The smallest absolute Gasteiger partial charge is 0.224 e. The number of anilines is 2. The van der Waals surface area contributed by atoms with E-state index in [-0.39, 0.29) is 5.91 Å². The number of aryl methyl sites for hydroxylation is 1. The molecule has 1 aromatic rings. The third-order valence-electron chi connectivity index (χ3n) is 3.05. The van der Waals surface area contributed by atoms with Crippen LogP contribution < -0.4 is 10.2 Å². The van der Waals surface area contributed by atoms with Crippen LogP contribution in [-0.4, -0.2) is 30.2 Å². The maximum atomic E-state index is 11.3. The van der Waals surface area contributed by atoms with Crippen molar-refractivity contribution in [3.8, 4) is 0 Å². The zero-order valence-corrected chi connectivity index (χ0v) is 11.2. The first-order valence-corrected chi connectivity index (χ1v) is 6.21. The molecule has 1 aliphatic rings. The van der Waals surface area contributed by atoms with Crippen LogP contribution in [0.15, 0.2) is 18.2 Å². The van der Waals surface area contributed by atoms with E-state index in [2.05, 4.69) is 11.4 Å². The Morgan fingerprint density at radius 2 is 2.11 bits per heavy atom. The Kier molecular flexibility index (Phi) is 3.30. The minimum atomic E-state index is -0.723. The Morgan fingerprint density at radius 3 is 2.78 bits per heavy atom. The minimum Gasteiger partial charge on any atom is -0.389 e. The summed E-state index contributed by atoms with van der Waals surface area (Å²) >= 11 is 0. The molecule has 4 heteroatoms. The summed E-state index contributed by atoms with van der Waals surface area (Å²) in [6.07, 6.45) is 1.33. The van der Waals surface area contributed by atoms with Crippen molar-refractivity contribution in [3.05, 3.63) is 23.8 Å². The molecule has 2 rings (SSSR count). The molecule has 1 amide bonds. The summed E-state index contributed by atoms with van der Waals surface area (Å²) in [4.78, 5) is 13.3. The normalized spacial score (nSPS) is 15.0. The molecule has 1 aromatic carbocycles. The number of hydrogen-bond donors (Lipinski definition) is 2. The van der Waals surface area contributed by atoms with Crippen molar-refractivity contribution >= 4 is 17.3 Å². The molecule has 0 spiro atoms. The molecular formula is C14H20N2O2. The summed E-state index contributed by atoms with van der Waals surface area (Å²) < 4.78 is 0. The number of hydrogen-bond acceptors (Lipinski definition) is 3. The van der Waals surface area contributed by atoms with E-state index in [0.29, 0.717) is 13.0 Å². The van der Waals surface area contributed by atoms with Crippen molar-refractivity contribution < 1.29 is 9.90 Å². The fourth-order valence-corrected chi connectivity index (χ4v) is 2.28.